The van der Waals surface area contributed by atoms with E-state index in [0.29, 0.717) is 32.3 Å². The third kappa shape index (κ3) is 3.82. The van der Waals surface area contributed by atoms with Gasteiger partial charge in [0.2, 0.25) is 11.9 Å². The fourth-order valence-electron chi connectivity index (χ4n) is 3.00. The van der Waals surface area contributed by atoms with Crippen LogP contribution in [0.3, 0.4) is 0 Å². The van der Waals surface area contributed by atoms with Crippen LogP contribution in [0.15, 0.2) is 29.3 Å². The number of ether oxygens (including phenoxy) is 2. The molecule has 0 aliphatic carbocycles. The lowest BCUT2D eigenvalue weighted by atomic mass is 9.91. The number of esters is 1. The number of morpholine rings is 1. The van der Waals surface area contributed by atoms with Crippen molar-refractivity contribution in [2.45, 2.75) is 19.9 Å². The number of guanidine groups is 1. The monoisotopic (exact) mass is 345 g/mol. The van der Waals surface area contributed by atoms with Crippen molar-refractivity contribution in [3.63, 3.8) is 0 Å². The molecule has 0 saturated carbocycles. The van der Waals surface area contributed by atoms with E-state index >= 15 is 0 Å². The van der Waals surface area contributed by atoms with E-state index in [1.165, 1.54) is 0 Å². The van der Waals surface area contributed by atoms with Crippen LogP contribution in [-0.4, -0.2) is 55.6 Å². The Morgan fingerprint density at radius 2 is 2.00 bits per heavy atom. The first-order valence-corrected chi connectivity index (χ1v) is 8.54. The summed E-state index contributed by atoms with van der Waals surface area (Å²) in [6.07, 6.45) is 0. The summed E-state index contributed by atoms with van der Waals surface area (Å²) >= 11 is 0. The molecule has 3 rings (SSSR count). The highest BCUT2D eigenvalue weighted by Crippen LogP contribution is 2.31. The fraction of sp³-hybridized carbons (Fsp3) is 0.500. The summed E-state index contributed by atoms with van der Waals surface area (Å²) in [6.45, 7) is 6.43. The number of benzene rings is 1. The van der Waals surface area contributed by atoms with Crippen molar-refractivity contribution in [2.24, 2.45) is 10.9 Å². The average molecular weight is 345 g/mol. The second-order valence-corrected chi connectivity index (χ2v) is 6.13. The Balaban J connectivity index is 1.95. The summed E-state index contributed by atoms with van der Waals surface area (Å²) in [5.74, 6) is -1.40. The van der Waals surface area contributed by atoms with E-state index in [1.54, 1.807) is 6.92 Å². The lowest BCUT2D eigenvalue weighted by molar-refractivity contribution is -0.153. The molecule has 0 unspecified atom stereocenters. The van der Waals surface area contributed by atoms with E-state index in [0.717, 1.165) is 11.1 Å². The molecule has 1 aromatic rings. The van der Waals surface area contributed by atoms with Crippen molar-refractivity contribution in [3.8, 4) is 0 Å². The summed E-state index contributed by atoms with van der Waals surface area (Å²) in [6, 6.07) is 7.13. The molecule has 1 aromatic carbocycles. The molecule has 1 saturated heterocycles. The Kier molecular flexibility index (Phi) is 5.33. The van der Waals surface area contributed by atoms with E-state index in [2.05, 4.69) is 5.32 Å². The zero-order chi connectivity index (χ0) is 17.8. The van der Waals surface area contributed by atoms with E-state index in [4.69, 9.17) is 14.5 Å². The van der Waals surface area contributed by atoms with Crippen LogP contribution in [0, 0.1) is 12.8 Å². The van der Waals surface area contributed by atoms with Crippen LogP contribution in [-0.2, 0) is 19.1 Å². The second kappa shape index (κ2) is 7.65. The number of nitrogens with one attached hydrogen (secondary N) is 1. The Hall–Kier alpha value is -2.41. The van der Waals surface area contributed by atoms with Crippen LogP contribution in [0.2, 0.25) is 0 Å². The van der Waals surface area contributed by atoms with Crippen molar-refractivity contribution < 1.29 is 19.1 Å². The summed E-state index contributed by atoms with van der Waals surface area (Å²) in [4.78, 5) is 31.7. The first-order chi connectivity index (χ1) is 12.1. The second-order valence-electron chi connectivity index (χ2n) is 6.13. The summed E-state index contributed by atoms with van der Waals surface area (Å²) in [7, 11) is 0. The van der Waals surface area contributed by atoms with Gasteiger partial charge >= 0.3 is 5.97 Å². The van der Waals surface area contributed by atoms with Gasteiger partial charge in [-0.2, -0.15) is 0 Å². The van der Waals surface area contributed by atoms with Gasteiger partial charge in [0.05, 0.1) is 19.8 Å². The van der Waals surface area contributed by atoms with Gasteiger partial charge < -0.3 is 14.4 Å². The minimum atomic E-state index is -0.979. The highest BCUT2D eigenvalue weighted by Gasteiger charge is 2.42. The van der Waals surface area contributed by atoms with E-state index in [-0.39, 0.29) is 12.5 Å². The van der Waals surface area contributed by atoms with Crippen LogP contribution in [0.25, 0.3) is 0 Å². The molecule has 1 fully saturated rings. The molecule has 7 nitrogen and oxygen atoms in total. The smallest absolute Gasteiger partial charge is 0.321 e. The number of nitrogens with zero attached hydrogens (tertiary/aromatic N) is 2. The molecule has 7 heteroatoms. The number of aliphatic imine (C=N–C) groups is 1. The number of aryl methyl sites for hydroxylation is 1. The molecule has 1 amide bonds. The Bertz CT molecular complexity index is 665. The maximum atomic E-state index is 12.7. The number of carbonyl (C=O) groups is 2. The molecule has 2 aliphatic heterocycles. The average Bonchev–Trinajstić information content (AvgIpc) is 2.62. The number of carbonyl (C=O) groups excluding carboxylic acids is 2. The third-order valence-corrected chi connectivity index (χ3v) is 4.36. The molecule has 0 bridgehead atoms. The van der Waals surface area contributed by atoms with Crippen LogP contribution >= 0.6 is 0 Å². The minimum absolute atomic E-state index is 0.225. The third-order valence-electron chi connectivity index (χ3n) is 4.36. The molecule has 2 aliphatic rings. The first kappa shape index (κ1) is 17.4. The quantitative estimate of drug-likeness (QED) is 0.654. The predicted molar refractivity (Wildman–Crippen MR) is 92.0 cm³/mol. The SMILES string of the molecule is CCOC(=O)[C@@H]1C(=O)NC(N2CCOCC2)=N[C@@H]1c1ccc(C)cc1. The number of amides is 1. The van der Waals surface area contributed by atoms with Crippen LogP contribution in [0.5, 0.6) is 0 Å². The maximum Gasteiger partial charge on any atom is 0.321 e. The molecule has 2 heterocycles. The topological polar surface area (TPSA) is 80.2 Å². The molecule has 134 valence electrons. The van der Waals surface area contributed by atoms with Crippen LogP contribution in [0.1, 0.15) is 24.1 Å². The van der Waals surface area contributed by atoms with E-state index in [1.807, 2.05) is 36.1 Å². The highest BCUT2D eigenvalue weighted by molar-refractivity contribution is 6.08. The number of hydrogen-bond donors (Lipinski definition) is 1. The fourth-order valence-corrected chi connectivity index (χ4v) is 3.00. The first-order valence-electron chi connectivity index (χ1n) is 8.54. The van der Waals surface area contributed by atoms with Gasteiger partial charge in [-0.05, 0) is 19.4 Å². The highest BCUT2D eigenvalue weighted by atomic mass is 16.5. The number of hydrogen-bond acceptors (Lipinski definition) is 6. The molecule has 0 aromatic heterocycles. The van der Waals surface area contributed by atoms with Crippen molar-refractivity contribution >= 4 is 17.8 Å². The van der Waals surface area contributed by atoms with Gasteiger partial charge in [-0.1, -0.05) is 29.8 Å². The van der Waals surface area contributed by atoms with Crippen molar-refractivity contribution in [2.75, 3.05) is 32.9 Å². The summed E-state index contributed by atoms with van der Waals surface area (Å²) in [5, 5.41) is 2.77. The molecule has 25 heavy (non-hydrogen) atoms. The van der Waals surface area contributed by atoms with E-state index in [9.17, 15) is 9.59 Å². The molecule has 2 atom stereocenters. The molecular weight excluding hydrogens is 322 g/mol. The van der Waals surface area contributed by atoms with Crippen molar-refractivity contribution in [1.29, 1.82) is 0 Å². The summed E-state index contributed by atoms with van der Waals surface area (Å²) < 4.78 is 10.5. The largest absolute Gasteiger partial charge is 0.465 e. The number of rotatable bonds is 3. The maximum absolute atomic E-state index is 12.7. The standard InChI is InChI=1S/C18H23N3O4/c1-3-25-17(23)14-15(13-6-4-12(2)5-7-13)19-18(20-16(14)22)21-8-10-24-11-9-21/h4-7,14-15H,3,8-11H2,1-2H3,(H,19,20,22)/t14-,15+/m0/s1. The molecular formula is C18H23N3O4. The molecule has 0 radical (unpaired) electrons. The van der Waals surface area contributed by atoms with Crippen molar-refractivity contribution in [1.82, 2.24) is 10.2 Å². The van der Waals surface area contributed by atoms with Crippen molar-refractivity contribution in [3.05, 3.63) is 35.4 Å². The zero-order valence-electron chi connectivity index (χ0n) is 14.5. The Morgan fingerprint density at radius 1 is 1.32 bits per heavy atom. The van der Waals surface area contributed by atoms with Gasteiger partial charge in [0.25, 0.3) is 0 Å². The Morgan fingerprint density at radius 3 is 2.64 bits per heavy atom. The molecule has 0 spiro atoms. The minimum Gasteiger partial charge on any atom is -0.465 e. The summed E-state index contributed by atoms with van der Waals surface area (Å²) in [5.41, 5.74) is 1.93. The normalized spacial score (nSPS) is 23.7. The van der Waals surface area contributed by atoms with Crippen LogP contribution < -0.4 is 5.32 Å². The van der Waals surface area contributed by atoms with Gasteiger partial charge in [-0.3, -0.25) is 14.9 Å². The lowest BCUT2D eigenvalue weighted by Gasteiger charge is -2.35. The van der Waals surface area contributed by atoms with Gasteiger partial charge in [0.15, 0.2) is 5.92 Å². The lowest BCUT2D eigenvalue weighted by Crippen LogP contribution is -2.55. The van der Waals surface area contributed by atoms with Gasteiger partial charge in [-0.15, -0.1) is 0 Å². The van der Waals surface area contributed by atoms with Crippen LogP contribution in [0.4, 0.5) is 0 Å². The predicted octanol–water partition coefficient (Wildman–Crippen LogP) is 1.03. The molecule has 1 N–H and O–H groups in total. The van der Waals surface area contributed by atoms with Gasteiger partial charge in [0, 0.05) is 13.1 Å². The van der Waals surface area contributed by atoms with Gasteiger partial charge in [-0.25, -0.2) is 4.99 Å². The zero-order valence-corrected chi connectivity index (χ0v) is 14.5. The van der Waals surface area contributed by atoms with E-state index < -0.39 is 17.9 Å². The Labute approximate surface area is 147 Å². The van der Waals surface area contributed by atoms with Gasteiger partial charge in [0.1, 0.15) is 6.04 Å².